The van der Waals surface area contributed by atoms with Gasteiger partial charge < -0.3 is 14.4 Å². The molecular formula is C18H20ClNO3. The molecule has 5 heteroatoms. The number of nitrogens with zero attached hydrogens (tertiary/aromatic N) is 1. The van der Waals surface area contributed by atoms with Crippen LogP contribution in [0.5, 0.6) is 11.5 Å². The van der Waals surface area contributed by atoms with Crippen molar-refractivity contribution in [3.8, 4) is 11.5 Å². The molecule has 0 aliphatic heterocycles. The Balaban J connectivity index is 1.75. The van der Waals surface area contributed by atoms with Crippen molar-refractivity contribution in [2.24, 2.45) is 0 Å². The van der Waals surface area contributed by atoms with E-state index in [1.807, 2.05) is 24.3 Å². The molecule has 0 fully saturated rings. The van der Waals surface area contributed by atoms with Gasteiger partial charge >= 0.3 is 0 Å². The zero-order valence-electron chi connectivity index (χ0n) is 13.3. The number of hydrogen-bond donors (Lipinski definition) is 0. The Morgan fingerprint density at radius 2 is 1.65 bits per heavy atom. The average molecular weight is 334 g/mol. The van der Waals surface area contributed by atoms with Gasteiger partial charge in [0.15, 0.2) is 0 Å². The van der Waals surface area contributed by atoms with Gasteiger partial charge in [0.25, 0.3) is 5.91 Å². The minimum Gasteiger partial charge on any atom is -0.493 e. The first-order chi connectivity index (χ1) is 11.1. The van der Waals surface area contributed by atoms with Crippen LogP contribution in [0, 0.1) is 0 Å². The number of carbonyl (C=O) groups excluding carboxylic acids is 1. The lowest BCUT2D eigenvalue weighted by molar-refractivity contribution is 0.0827. The molecule has 1 amide bonds. The first-order valence-corrected chi connectivity index (χ1v) is 7.77. The third-order valence-electron chi connectivity index (χ3n) is 3.13. The molecule has 0 spiro atoms. The van der Waals surface area contributed by atoms with E-state index < -0.39 is 0 Å². The highest BCUT2D eigenvalue weighted by Gasteiger charge is 2.08. The number of benzene rings is 2. The SMILES string of the molecule is CN(C)C(=O)c1cccc(OCCCOc2ccc(Cl)cc2)c1. The fourth-order valence-corrected chi connectivity index (χ4v) is 2.07. The average Bonchev–Trinajstić information content (AvgIpc) is 2.55. The lowest BCUT2D eigenvalue weighted by atomic mass is 10.2. The van der Waals surface area contributed by atoms with Gasteiger partial charge in [-0.15, -0.1) is 0 Å². The Morgan fingerprint density at radius 3 is 2.30 bits per heavy atom. The van der Waals surface area contributed by atoms with Crippen molar-refractivity contribution >= 4 is 17.5 Å². The smallest absolute Gasteiger partial charge is 0.253 e. The quantitative estimate of drug-likeness (QED) is 0.721. The summed E-state index contributed by atoms with van der Waals surface area (Å²) in [4.78, 5) is 13.4. The largest absolute Gasteiger partial charge is 0.493 e. The third-order valence-corrected chi connectivity index (χ3v) is 3.38. The maximum absolute atomic E-state index is 11.9. The Hall–Kier alpha value is -2.20. The predicted molar refractivity (Wildman–Crippen MR) is 91.5 cm³/mol. The minimum absolute atomic E-state index is 0.0403. The van der Waals surface area contributed by atoms with Crippen molar-refractivity contribution in [3.05, 3.63) is 59.1 Å². The van der Waals surface area contributed by atoms with Crippen LogP contribution in [0.25, 0.3) is 0 Å². The van der Waals surface area contributed by atoms with Crippen molar-refractivity contribution in [2.75, 3.05) is 27.3 Å². The molecule has 0 aliphatic carbocycles. The van der Waals surface area contributed by atoms with E-state index in [-0.39, 0.29) is 5.91 Å². The Bertz CT molecular complexity index is 641. The topological polar surface area (TPSA) is 38.8 Å². The normalized spacial score (nSPS) is 10.2. The highest BCUT2D eigenvalue weighted by Crippen LogP contribution is 2.16. The first kappa shape index (κ1) is 17.2. The standard InChI is InChI=1S/C18H20ClNO3/c1-20(2)18(21)14-5-3-6-17(13-14)23-12-4-11-22-16-9-7-15(19)8-10-16/h3,5-10,13H,4,11-12H2,1-2H3. The fourth-order valence-electron chi connectivity index (χ4n) is 1.95. The van der Waals surface area contributed by atoms with E-state index in [1.54, 1.807) is 43.3 Å². The van der Waals surface area contributed by atoms with Gasteiger partial charge in [0.2, 0.25) is 0 Å². The number of carbonyl (C=O) groups is 1. The molecular weight excluding hydrogens is 314 g/mol. The maximum Gasteiger partial charge on any atom is 0.253 e. The van der Waals surface area contributed by atoms with Crippen molar-refractivity contribution < 1.29 is 14.3 Å². The molecule has 0 atom stereocenters. The van der Waals surface area contributed by atoms with E-state index in [2.05, 4.69) is 0 Å². The molecule has 4 nitrogen and oxygen atoms in total. The molecule has 122 valence electrons. The summed E-state index contributed by atoms with van der Waals surface area (Å²) in [7, 11) is 3.45. The van der Waals surface area contributed by atoms with Crippen LogP contribution in [0.4, 0.5) is 0 Å². The van der Waals surface area contributed by atoms with Gasteiger partial charge in [0.05, 0.1) is 13.2 Å². The van der Waals surface area contributed by atoms with Gasteiger partial charge in [-0.3, -0.25) is 4.79 Å². The zero-order valence-corrected chi connectivity index (χ0v) is 14.0. The molecule has 0 radical (unpaired) electrons. The second kappa shape index (κ2) is 8.44. The maximum atomic E-state index is 11.9. The molecule has 0 aliphatic rings. The van der Waals surface area contributed by atoms with Crippen LogP contribution in [0.3, 0.4) is 0 Å². The molecule has 0 aromatic heterocycles. The van der Waals surface area contributed by atoms with Crippen molar-refractivity contribution in [2.45, 2.75) is 6.42 Å². The van der Waals surface area contributed by atoms with Crippen LogP contribution >= 0.6 is 11.6 Å². The number of amides is 1. The van der Waals surface area contributed by atoms with Gasteiger partial charge in [0, 0.05) is 31.1 Å². The lowest BCUT2D eigenvalue weighted by Gasteiger charge is -2.12. The van der Waals surface area contributed by atoms with Gasteiger partial charge in [-0.2, -0.15) is 0 Å². The highest BCUT2D eigenvalue weighted by atomic mass is 35.5. The summed E-state index contributed by atoms with van der Waals surface area (Å²) in [5, 5.41) is 0.688. The molecule has 0 bridgehead atoms. The zero-order chi connectivity index (χ0) is 16.7. The van der Waals surface area contributed by atoms with E-state index in [1.165, 1.54) is 0 Å². The van der Waals surface area contributed by atoms with Crippen LogP contribution in [0.2, 0.25) is 5.02 Å². The van der Waals surface area contributed by atoms with E-state index in [9.17, 15) is 4.79 Å². The van der Waals surface area contributed by atoms with E-state index in [0.29, 0.717) is 29.5 Å². The summed E-state index contributed by atoms with van der Waals surface area (Å²) in [6.45, 7) is 1.07. The lowest BCUT2D eigenvalue weighted by Crippen LogP contribution is -2.21. The Kier molecular flexibility index (Phi) is 6.29. The highest BCUT2D eigenvalue weighted by molar-refractivity contribution is 6.30. The van der Waals surface area contributed by atoms with E-state index in [4.69, 9.17) is 21.1 Å². The summed E-state index contributed by atoms with van der Waals surface area (Å²) in [6.07, 6.45) is 0.745. The predicted octanol–water partition coefficient (Wildman–Crippen LogP) is 3.89. The third kappa shape index (κ3) is 5.49. The molecule has 2 rings (SSSR count). The van der Waals surface area contributed by atoms with Crippen molar-refractivity contribution in [1.29, 1.82) is 0 Å². The Labute approximate surface area is 141 Å². The molecule has 23 heavy (non-hydrogen) atoms. The fraction of sp³-hybridized carbons (Fsp3) is 0.278. The molecule has 2 aromatic rings. The summed E-state index contributed by atoms with van der Waals surface area (Å²) < 4.78 is 11.3. The molecule has 0 saturated heterocycles. The second-order valence-electron chi connectivity index (χ2n) is 5.23. The first-order valence-electron chi connectivity index (χ1n) is 7.39. The minimum atomic E-state index is -0.0403. The summed E-state index contributed by atoms with van der Waals surface area (Å²) in [6, 6.07) is 14.4. The molecule has 2 aromatic carbocycles. The van der Waals surface area contributed by atoms with Crippen molar-refractivity contribution in [3.63, 3.8) is 0 Å². The summed E-state index contributed by atoms with van der Waals surface area (Å²) >= 11 is 5.82. The number of hydrogen-bond acceptors (Lipinski definition) is 3. The molecule has 0 N–H and O–H groups in total. The number of rotatable bonds is 7. The number of ether oxygens (including phenoxy) is 2. The van der Waals surface area contributed by atoms with Crippen LogP contribution < -0.4 is 9.47 Å². The van der Waals surface area contributed by atoms with Crippen LogP contribution in [0.15, 0.2) is 48.5 Å². The van der Waals surface area contributed by atoms with Crippen LogP contribution in [-0.2, 0) is 0 Å². The molecule has 0 unspecified atom stereocenters. The van der Waals surface area contributed by atoms with Crippen molar-refractivity contribution in [1.82, 2.24) is 4.90 Å². The van der Waals surface area contributed by atoms with E-state index in [0.717, 1.165) is 12.2 Å². The summed E-state index contributed by atoms with van der Waals surface area (Å²) in [5.74, 6) is 1.43. The van der Waals surface area contributed by atoms with Crippen LogP contribution in [0.1, 0.15) is 16.8 Å². The molecule has 0 heterocycles. The van der Waals surface area contributed by atoms with Gasteiger partial charge in [0.1, 0.15) is 11.5 Å². The van der Waals surface area contributed by atoms with E-state index >= 15 is 0 Å². The van der Waals surface area contributed by atoms with Crippen LogP contribution in [-0.4, -0.2) is 38.1 Å². The van der Waals surface area contributed by atoms with Gasteiger partial charge in [-0.1, -0.05) is 17.7 Å². The Morgan fingerprint density at radius 1 is 1.00 bits per heavy atom. The summed E-state index contributed by atoms with van der Waals surface area (Å²) in [5.41, 5.74) is 0.616. The monoisotopic (exact) mass is 333 g/mol. The van der Waals surface area contributed by atoms with Gasteiger partial charge in [-0.05, 0) is 42.5 Å². The molecule has 0 saturated carbocycles. The number of halogens is 1. The second-order valence-corrected chi connectivity index (χ2v) is 5.67. The van der Waals surface area contributed by atoms with Gasteiger partial charge in [-0.25, -0.2) is 0 Å².